The zero-order valence-electron chi connectivity index (χ0n) is 13.6. The molecule has 0 amide bonds. The Balaban J connectivity index is 2.18. The van der Waals surface area contributed by atoms with Crippen molar-refractivity contribution in [3.05, 3.63) is 35.9 Å². The van der Waals surface area contributed by atoms with Crippen molar-refractivity contribution in [2.75, 3.05) is 19.7 Å². The maximum atomic E-state index is 6.04. The molecule has 1 N–H and O–H groups in total. The molecule has 0 spiro atoms. The number of rotatable bonds is 10. The van der Waals surface area contributed by atoms with Crippen LogP contribution in [-0.2, 0) is 11.2 Å². The van der Waals surface area contributed by atoms with E-state index < -0.39 is 0 Å². The van der Waals surface area contributed by atoms with Crippen molar-refractivity contribution < 1.29 is 4.74 Å². The average Bonchev–Trinajstić information content (AvgIpc) is 2.42. The lowest BCUT2D eigenvalue weighted by atomic mass is 10.1. The van der Waals surface area contributed by atoms with Crippen molar-refractivity contribution in [1.29, 1.82) is 0 Å². The van der Waals surface area contributed by atoms with Crippen LogP contribution in [0.3, 0.4) is 0 Å². The third-order valence-corrected chi connectivity index (χ3v) is 3.43. The summed E-state index contributed by atoms with van der Waals surface area (Å²) in [5.74, 6) is 1.26. The third kappa shape index (κ3) is 7.66. The fourth-order valence-electron chi connectivity index (χ4n) is 2.16. The first-order chi connectivity index (χ1) is 9.59. The molecule has 114 valence electrons. The lowest BCUT2D eigenvalue weighted by molar-refractivity contribution is 0.0214. The Morgan fingerprint density at radius 3 is 2.30 bits per heavy atom. The van der Waals surface area contributed by atoms with Crippen LogP contribution in [0, 0.1) is 11.8 Å². The Morgan fingerprint density at radius 1 is 1.00 bits per heavy atom. The monoisotopic (exact) mass is 277 g/mol. The highest BCUT2D eigenvalue weighted by Crippen LogP contribution is 2.08. The SMILES string of the molecule is CC(C)CNCC(OCCCc1ccccc1)C(C)C. The Labute approximate surface area is 124 Å². The van der Waals surface area contributed by atoms with E-state index in [2.05, 4.69) is 63.3 Å². The number of ether oxygens (including phenoxy) is 1. The standard InChI is InChI=1S/C18H31NO/c1-15(2)13-19-14-18(16(3)4)20-12-8-11-17-9-6-5-7-10-17/h5-7,9-10,15-16,18-19H,8,11-14H2,1-4H3. The molecule has 0 aliphatic rings. The van der Waals surface area contributed by atoms with Crippen LogP contribution >= 0.6 is 0 Å². The fraction of sp³-hybridized carbons (Fsp3) is 0.667. The van der Waals surface area contributed by atoms with Crippen molar-refractivity contribution in [3.8, 4) is 0 Å². The lowest BCUT2D eigenvalue weighted by Crippen LogP contribution is -2.35. The Kier molecular flexibility index (Phi) is 8.56. The van der Waals surface area contributed by atoms with Gasteiger partial charge in [0.05, 0.1) is 6.10 Å². The molecule has 2 nitrogen and oxygen atoms in total. The Hall–Kier alpha value is -0.860. The van der Waals surface area contributed by atoms with Crippen molar-refractivity contribution in [2.45, 2.75) is 46.6 Å². The number of hydrogen-bond donors (Lipinski definition) is 1. The summed E-state index contributed by atoms with van der Waals surface area (Å²) in [6.45, 7) is 11.8. The highest BCUT2D eigenvalue weighted by atomic mass is 16.5. The smallest absolute Gasteiger partial charge is 0.0722 e. The largest absolute Gasteiger partial charge is 0.377 e. The van der Waals surface area contributed by atoms with Crippen LogP contribution in [0.25, 0.3) is 0 Å². The average molecular weight is 277 g/mol. The lowest BCUT2D eigenvalue weighted by Gasteiger charge is -2.22. The molecule has 1 aromatic rings. The van der Waals surface area contributed by atoms with Crippen LogP contribution in [0.5, 0.6) is 0 Å². The number of hydrogen-bond acceptors (Lipinski definition) is 2. The van der Waals surface area contributed by atoms with E-state index in [9.17, 15) is 0 Å². The van der Waals surface area contributed by atoms with Gasteiger partial charge in [-0.15, -0.1) is 0 Å². The normalized spacial score (nSPS) is 13.1. The predicted molar refractivity (Wildman–Crippen MR) is 87.0 cm³/mol. The van der Waals surface area contributed by atoms with E-state index in [1.54, 1.807) is 0 Å². The van der Waals surface area contributed by atoms with Gasteiger partial charge in [-0.05, 0) is 36.8 Å². The molecule has 0 aromatic heterocycles. The molecule has 0 saturated heterocycles. The molecule has 1 atom stereocenters. The van der Waals surface area contributed by atoms with Gasteiger partial charge in [0.1, 0.15) is 0 Å². The quantitative estimate of drug-likeness (QED) is 0.655. The van der Waals surface area contributed by atoms with Crippen LogP contribution in [0.1, 0.15) is 39.7 Å². The van der Waals surface area contributed by atoms with Crippen molar-refractivity contribution >= 4 is 0 Å². The van der Waals surface area contributed by atoms with E-state index in [4.69, 9.17) is 4.74 Å². The van der Waals surface area contributed by atoms with E-state index in [1.807, 2.05) is 0 Å². The molecular formula is C18H31NO. The van der Waals surface area contributed by atoms with Gasteiger partial charge in [-0.1, -0.05) is 58.0 Å². The van der Waals surface area contributed by atoms with Crippen LogP contribution in [-0.4, -0.2) is 25.8 Å². The molecule has 20 heavy (non-hydrogen) atoms. The summed E-state index contributed by atoms with van der Waals surface area (Å²) >= 11 is 0. The van der Waals surface area contributed by atoms with Gasteiger partial charge in [-0.25, -0.2) is 0 Å². The number of nitrogens with one attached hydrogen (secondary N) is 1. The second-order valence-electron chi connectivity index (χ2n) is 6.29. The van der Waals surface area contributed by atoms with Gasteiger partial charge in [0.25, 0.3) is 0 Å². The topological polar surface area (TPSA) is 21.3 Å². The van der Waals surface area contributed by atoms with Gasteiger partial charge in [0, 0.05) is 13.2 Å². The predicted octanol–water partition coefficient (Wildman–Crippen LogP) is 3.91. The second kappa shape index (κ2) is 9.95. The zero-order valence-corrected chi connectivity index (χ0v) is 13.6. The maximum Gasteiger partial charge on any atom is 0.0722 e. The fourth-order valence-corrected chi connectivity index (χ4v) is 2.16. The summed E-state index contributed by atoms with van der Waals surface area (Å²) in [6, 6.07) is 10.6. The summed E-state index contributed by atoms with van der Waals surface area (Å²) in [5, 5.41) is 3.50. The van der Waals surface area contributed by atoms with Crippen molar-refractivity contribution in [2.24, 2.45) is 11.8 Å². The number of aryl methyl sites for hydroxylation is 1. The van der Waals surface area contributed by atoms with Gasteiger partial charge in [0.15, 0.2) is 0 Å². The molecule has 1 rings (SSSR count). The van der Waals surface area contributed by atoms with Crippen LogP contribution in [0.2, 0.25) is 0 Å². The summed E-state index contributed by atoms with van der Waals surface area (Å²) in [7, 11) is 0. The van der Waals surface area contributed by atoms with Gasteiger partial charge >= 0.3 is 0 Å². The van der Waals surface area contributed by atoms with Crippen LogP contribution in [0.15, 0.2) is 30.3 Å². The second-order valence-corrected chi connectivity index (χ2v) is 6.29. The summed E-state index contributed by atoms with van der Waals surface area (Å²) < 4.78 is 6.04. The molecule has 0 heterocycles. The van der Waals surface area contributed by atoms with Crippen molar-refractivity contribution in [3.63, 3.8) is 0 Å². The third-order valence-electron chi connectivity index (χ3n) is 3.43. The molecule has 1 aromatic carbocycles. The van der Waals surface area contributed by atoms with Gasteiger partial charge in [-0.3, -0.25) is 0 Å². The first-order valence-corrected chi connectivity index (χ1v) is 7.95. The molecule has 0 aliphatic heterocycles. The molecule has 1 unspecified atom stereocenters. The Bertz CT molecular complexity index is 335. The zero-order chi connectivity index (χ0) is 14.8. The summed E-state index contributed by atoms with van der Waals surface area (Å²) in [6.07, 6.45) is 2.52. The molecule has 0 bridgehead atoms. The minimum Gasteiger partial charge on any atom is -0.377 e. The van der Waals surface area contributed by atoms with Gasteiger partial charge < -0.3 is 10.1 Å². The van der Waals surface area contributed by atoms with E-state index in [0.29, 0.717) is 17.9 Å². The number of benzene rings is 1. The summed E-state index contributed by atoms with van der Waals surface area (Å²) in [5.41, 5.74) is 1.40. The van der Waals surface area contributed by atoms with Gasteiger partial charge in [0.2, 0.25) is 0 Å². The van der Waals surface area contributed by atoms with E-state index in [1.165, 1.54) is 5.56 Å². The van der Waals surface area contributed by atoms with E-state index in [-0.39, 0.29) is 0 Å². The molecule has 0 fully saturated rings. The molecule has 0 radical (unpaired) electrons. The molecule has 0 aliphatic carbocycles. The van der Waals surface area contributed by atoms with Crippen LogP contribution in [0.4, 0.5) is 0 Å². The first-order valence-electron chi connectivity index (χ1n) is 7.95. The van der Waals surface area contributed by atoms with Gasteiger partial charge in [-0.2, -0.15) is 0 Å². The molecular weight excluding hydrogens is 246 g/mol. The van der Waals surface area contributed by atoms with Crippen LogP contribution < -0.4 is 5.32 Å². The highest BCUT2D eigenvalue weighted by molar-refractivity contribution is 5.14. The minimum atomic E-state index is 0.324. The highest BCUT2D eigenvalue weighted by Gasteiger charge is 2.13. The first kappa shape index (κ1) is 17.2. The molecule has 0 saturated carbocycles. The summed E-state index contributed by atoms with van der Waals surface area (Å²) in [4.78, 5) is 0. The molecule has 2 heteroatoms. The minimum absolute atomic E-state index is 0.324. The Morgan fingerprint density at radius 2 is 1.70 bits per heavy atom. The van der Waals surface area contributed by atoms with E-state index >= 15 is 0 Å². The maximum absolute atomic E-state index is 6.04. The van der Waals surface area contributed by atoms with E-state index in [0.717, 1.165) is 32.5 Å². The van der Waals surface area contributed by atoms with Crippen molar-refractivity contribution in [1.82, 2.24) is 5.32 Å².